The SMILES string of the molecule is Cc1ccc(F)cc1NC(=S)Nc1ccc(Oc2ccccc2)cc1. The van der Waals surface area contributed by atoms with E-state index >= 15 is 0 Å². The summed E-state index contributed by atoms with van der Waals surface area (Å²) in [5.74, 6) is 1.21. The number of halogens is 1. The second kappa shape index (κ2) is 7.77. The van der Waals surface area contributed by atoms with E-state index in [9.17, 15) is 4.39 Å². The molecule has 0 unspecified atom stereocenters. The molecule has 0 bridgehead atoms. The third-order valence-electron chi connectivity index (χ3n) is 3.54. The van der Waals surface area contributed by atoms with E-state index in [1.165, 1.54) is 12.1 Å². The van der Waals surface area contributed by atoms with Crippen LogP contribution in [0.3, 0.4) is 0 Å². The second-order valence-electron chi connectivity index (χ2n) is 5.48. The molecule has 0 heterocycles. The molecule has 3 aromatic carbocycles. The molecule has 0 aromatic heterocycles. The van der Waals surface area contributed by atoms with Gasteiger partial charge in [0, 0.05) is 11.4 Å². The highest BCUT2D eigenvalue weighted by molar-refractivity contribution is 7.80. The molecular formula is C20H17FN2OS. The van der Waals surface area contributed by atoms with Gasteiger partial charge in [-0.1, -0.05) is 24.3 Å². The predicted molar refractivity (Wildman–Crippen MR) is 104 cm³/mol. The summed E-state index contributed by atoms with van der Waals surface area (Å²) in [4.78, 5) is 0. The van der Waals surface area contributed by atoms with Gasteiger partial charge in [-0.05, 0) is 73.2 Å². The molecule has 0 radical (unpaired) electrons. The Balaban J connectivity index is 1.61. The van der Waals surface area contributed by atoms with Crippen molar-refractivity contribution in [3.63, 3.8) is 0 Å². The number of aryl methyl sites for hydroxylation is 1. The summed E-state index contributed by atoms with van der Waals surface area (Å²) in [5.41, 5.74) is 2.37. The van der Waals surface area contributed by atoms with Gasteiger partial charge in [0.2, 0.25) is 0 Å². The monoisotopic (exact) mass is 352 g/mol. The smallest absolute Gasteiger partial charge is 0.175 e. The van der Waals surface area contributed by atoms with Crippen LogP contribution in [0.4, 0.5) is 15.8 Å². The first-order chi connectivity index (χ1) is 12.1. The Labute approximate surface area is 151 Å². The van der Waals surface area contributed by atoms with Crippen LogP contribution < -0.4 is 15.4 Å². The highest BCUT2D eigenvalue weighted by Gasteiger charge is 2.04. The van der Waals surface area contributed by atoms with Gasteiger partial charge >= 0.3 is 0 Å². The number of thiocarbonyl (C=S) groups is 1. The standard InChI is InChI=1S/C20H17FN2OS/c1-14-7-8-15(21)13-19(14)23-20(25)22-16-9-11-18(12-10-16)24-17-5-3-2-4-6-17/h2-13H,1H3,(H2,22,23,25). The van der Waals surface area contributed by atoms with Gasteiger partial charge in [0.25, 0.3) is 0 Å². The second-order valence-corrected chi connectivity index (χ2v) is 5.89. The summed E-state index contributed by atoms with van der Waals surface area (Å²) in [7, 11) is 0. The van der Waals surface area contributed by atoms with Crippen molar-refractivity contribution in [2.24, 2.45) is 0 Å². The third kappa shape index (κ3) is 4.78. The van der Waals surface area contributed by atoms with Gasteiger partial charge in [-0.3, -0.25) is 0 Å². The minimum absolute atomic E-state index is 0.307. The molecule has 126 valence electrons. The van der Waals surface area contributed by atoms with Crippen molar-refractivity contribution < 1.29 is 9.13 Å². The quantitative estimate of drug-likeness (QED) is 0.587. The number of rotatable bonds is 4. The molecule has 5 heteroatoms. The van der Waals surface area contributed by atoms with Crippen LogP contribution in [0.25, 0.3) is 0 Å². The Morgan fingerprint density at radius 2 is 1.56 bits per heavy atom. The molecular weight excluding hydrogens is 335 g/mol. The lowest BCUT2D eigenvalue weighted by molar-refractivity contribution is 0.483. The first-order valence-corrected chi connectivity index (χ1v) is 8.18. The van der Waals surface area contributed by atoms with Crippen molar-refractivity contribution >= 4 is 28.7 Å². The van der Waals surface area contributed by atoms with Crippen LogP contribution in [0.1, 0.15) is 5.56 Å². The maximum Gasteiger partial charge on any atom is 0.175 e. The molecule has 0 spiro atoms. The third-order valence-corrected chi connectivity index (χ3v) is 3.74. The van der Waals surface area contributed by atoms with Gasteiger partial charge in [-0.2, -0.15) is 0 Å². The molecule has 2 N–H and O–H groups in total. The number of ether oxygens (including phenoxy) is 1. The van der Waals surface area contributed by atoms with Crippen LogP contribution in [-0.2, 0) is 0 Å². The van der Waals surface area contributed by atoms with E-state index in [1.54, 1.807) is 6.07 Å². The molecule has 25 heavy (non-hydrogen) atoms. The Kier molecular flexibility index (Phi) is 5.26. The molecule has 0 saturated heterocycles. The van der Waals surface area contributed by atoms with Crippen molar-refractivity contribution in [1.29, 1.82) is 0 Å². The lowest BCUT2D eigenvalue weighted by Gasteiger charge is -2.13. The van der Waals surface area contributed by atoms with E-state index in [1.807, 2.05) is 61.5 Å². The number of anilines is 2. The first-order valence-electron chi connectivity index (χ1n) is 7.77. The van der Waals surface area contributed by atoms with Gasteiger partial charge < -0.3 is 15.4 Å². The van der Waals surface area contributed by atoms with Gasteiger partial charge in [-0.15, -0.1) is 0 Å². The summed E-state index contributed by atoms with van der Waals surface area (Å²) >= 11 is 5.28. The van der Waals surface area contributed by atoms with Gasteiger partial charge in [0.05, 0.1) is 0 Å². The predicted octanol–water partition coefficient (Wildman–Crippen LogP) is 5.74. The number of hydrogen-bond acceptors (Lipinski definition) is 2. The summed E-state index contributed by atoms with van der Waals surface area (Å²) in [6.45, 7) is 1.89. The minimum Gasteiger partial charge on any atom is -0.457 e. The molecule has 0 aliphatic rings. The maximum absolute atomic E-state index is 13.3. The van der Waals surface area contributed by atoms with Crippen LogP contribution in [-0.4, -0.2) is 5.11 Å². The Hall–Kier alpha value is -2.92. The van der Waals surface area contributed by atoms with Crippen molar-refractivity contribution in [1.82, 2.24) is 0 Å². The van der Waals surface area contributed by atoms with E-state index < -0.39 is 0 Å². The Bertz CT molecular complexity index is 867. The summed E-state index contributed by atoms with van der Waals surface area (Å²) in [5, 5.41) is 6.47. The average Bonchev–Trinajstić information content (AvgIpc) is 2.61. The molecule has 3 rings (SSSR count). The van der Waals surface area contributed by atoms with Crippen LogP contribution in [0.2, 0.25) is 0 Å². The van der Waals surface area contributed by atoms with Crippen molar-refractivity contribution in [3.05, 3.63) is 84.2 Å². The van der Waals surface area contributed by atoms with Crippen LogP contribution in [0, 0.1) is 12.7 Å². The van der Waals surface area contributed by atoms with Crippen LogP contribution >= 0.6 is 12.2 Å². The fourth-order valence-corrected chi connectivity index (χ4v) is 2.47. The summed E-state index contributed by atoms with van der Waals surface area (Å²) < 4.78 is 19.1. The van der Waals surface area contributed by atoms with E-state index in [0.29, 0.717) is 10.8 Å². The van der Waals surface area contributed by atoms with Crippen LogP contribution in [0.15, 0.2) is 72.8 Å². The number of para-hydroxylation sites is 1. The van der Waals surface area contributed by atoms with E-state index in [-0.39, 0.29) is 5.82 Å². The van der Waals surface area contributed by atoms with Crippen molar-refractivity contribution in [2.45, 2.75) is 6.92 Å². The molecule has 3 nitrogen and oxygen atoms in total. The molecule has 0 aliphatic heterocycles. The molecule has 0 fully saturated rings. The number of benzene rings is 3. The van der Waals surface area contributed by atoms with E-state index in [0.717, 1.165) is 22.7 Å². The summed E-state index contributed by atoms with van der Waals surface area (Å²) in [6, 6.07) is 21.5. The normalized spacial score (nSPS) is 10.2. The zero-order chi connectivity index (χ0) is 17.6. The number of hydrogen-bond donors (Lipinski definition) is 2. The van der Waals surface area contributed by atoms with Crippen molar-refractivity contribution in [2.75, 3.05) is 10.6 Å². The van der Waals surface area contributed by atoms with Gasteiger partial charge in [0.15, 0.2) is 5.11 Å². The molecule has 0 atom stereocenters. The highest BCUT2D eigenvalue weighted by Crippen LogP contribution is 2.23. The lowest BCUT2D eigenvalue weighted by atomic mass is 10.2. The van der Waals surface area contributed by atoms with Crippen molar-refractivity contribution in [3.8, 4) is 11.5 Å². The minimum atomic E-state index is -0.307. The molecule has 0 saturated carbocycles. The van der Waals surface area contributed by atoms with E-state index in [4.69, 9.17) is 17.0 Å². The Morgan fingerprint density at radius 3 is 2.28 bits per heavy atom. The molecule has 0 amide bonds. The zero-order valence-corrected chi connectivity index (χ0v) is 14.4. The summed E-state index contributed by atoms with van der Waals surface area (Å²) in [6.07, 6.45) is 0. The topological polar surface area (TPSA) is 33.3 Å². The maximum atomic E-state index is 13.3. The van der Waals surface area contributed by atoms with Gasteiger partial charge in [-0.25, -0.2) is 4.39 Å². The lowest BCUT2D eigenvalue weighted by Crippen LogP contribution is -2.19. The van der Waals surface area contributed by atoms with Crippen LogP contribution in [0.5, 0.6) is 11.5 Å². The highest BCUT2D eigenvalue weighted by atomic mass is 32.1. The fraction of sp³-hybridized carbons (Fsp3) is 0.0500. The largest absolute Gasteiger partial charge is 0.457 e. The average molecular weight is 352 g/mol. The number of nitrogens with one attached hydrogen (secondary N) is 2. The van der Waals surface area contributed by atoms with E-state index in [2.05, 4.69) is 10.6 Å². The first kappa shape index (κ1) is 16.9. The molecule has 0 aliphatic carbocycles. The Morgan fingerprint density at radius 1 is 0.880 bits per heavy atom. The fourth-order valence-electron chi connectivity index (χ4n) is 2.24. The molecule has 3 aromatic rings. The van der Waals surface area contributed by atoms with Gasteiger partial charge in [0.1, 0.15) is 17.3 Å². The zero-order valence-electron chi connectivity index (χ0n) is 13.6.